The Labute approximate surface area is 142 Å². The third-order valence-corrected chi connectivity index (χ3v) is 3.41. The number of hydrogen-bond acceptors (Lipinski definition) is 4. The maximum atomic E-state index is 12.1. The number of ether oxygens (including phenoxy) is 1. The van der Waals surface area contributed by atoms with Gasteiger partial charge in [0, 0.05) is 18.4 Å². The van der Waals surface area contributed by atoms with Gasteiger partial charge in [-0.25, -0.2) is 4.79 Å². The Balaban J connectivity index is 2.50. The largest absolute Gasteiger partial charge is 0.494 e. The van der Waals surface area contributed by atoms with E-state index in [1.54, 1.807) is 24.3 Å². The molecule has 0 bridgehead atoms. The maximum absolute atomic E-state index is 12.1. The lowest BCUT2D eigenvalue weighted by Crippen LogP contribution is -2.41. The molecule has 2 N–H and O–H groups in total. The van der Waals surface area contributed by atoms with Crippen molar-refractivity contribution >= 4 is 17.7 Å². The molecule has 0 aliphatic rings. The zero-order valence-electron chi connectivity index (χ0n) is 14.4. The molecule has 24 heavy (non-hydrogen) atoms. The van der Waals surface area contributed by atoms with Crippen LogP contribution in [0.15, 0.2) is 24.3 Å². The van der Waals surface area contributed by atoms with Crippen molar-refractivity contribution in [2.75, 3.05) is 6.61 Å². The van der Waals surface area contributed by atoms with Crippen LogP contribution in [0.2, 0.25) is 0 Å². The Hall–Kier alpha value is -2.37. The van der Waals surface area contributed by atoms with Crippen LogP contribution in [0, 0.1) is 5.92 Å². The van der Waals surface area contributed by atoms with Gasteiger partial charge >= 0.3 is 5.97 Å². The van der Waals surface area contributed by atoms with Gasteiger partial charge < -0.3 is 15.2 Å². The number of carbonyl (C=O) groups excluding carboxylic acids is 2. The Kier molecular flexibility index (Phi) is 7.95. The van der Waals surface area contributed by atoms with E-state index in [9.17, 15) is 14.4 Å². The maximum Gasteiger partial charge on any atom is 0.326 e. The van der Waals surface area contributed by atoms with E-state index in [1.807, 2.05) is 20.8 Å². The van der Waals surface area contributed by atoms with Crippen molar-refractivity contribution in [2.24, 2.45) is 5.92 Å². The Morgan fingerprint density at radius 2 is 1.75 bits per heavy atom. The highest BCUT2D eigenvalue weighted by Gasteiger charge is 2.21. The second-order valence-electron chi connectivity index (χ2n) is 5.97. The summed E-state index contributed by atoms with van der Waals surface area (Å²) in [7, 11) is 0. The number of amides is 1. The summed E-state index contributed by atoms with van der Waals surface area (Å²) < 4.78 is 5.31. The van der Waals surface area contributed by atoms with Crippen molar-refractivity contribution in [2.45, 2.75) is 46.1 Å². The summed E-state index contributed by atoms with van der Waals surface area (Å²) in [4.78, 5) is 35.1. The molecule has 0 saturated carbocycles. The van der Waals surface area contributed by atoms with Gasteiger partial charge in [0.1, 0.15) is 11.8 Å². The molecule has 0 heterocycles. The minimum atomic E-state index is -1.06. The summed E-state index contributed by atoms with van der Waals surface area (Å²) in [5, 5.41) is 11.6. The lowest BCUT2D eigenvalue weighted by molar-refractivity contribution is -0.142. The molecule has 1 amide bonds. The molecule has 6 heteroatoms. The SMILES string of the molecule is CCOc1ccc(C(=O)CCC(=O)N[C@H](CC(C)C)C(=O)O)cc1. The van der Waals surface area contributed by atoms with E-state index in [4.69, 9.17) is 9.84 Å². The monoisotopic (exact) mass is 335 g/mol. The Morgan fingerprint density at radius 1 is 1.12 bits per heavy atom. The van der Waals surface area contributed by atoms with Crippen LogP contribution in [0.3, 0.4) is 0 Å². The second-order valence-corrected chi connectivity index (χ2v) is 5.97. The lowest BCUT2D eigenvalue weighted by Gasteiger charge is -2.16. The number of aliphatic carboxylic acids is 1. The summed E-state index contributed by atoms with van der Waals surface area (Å²) in [6, 6.07) is 5.81. The first-order chi connectivity index (χ1) is 11.3. The highest BCUT2D eigenvalue weighted by molar-refractivity contribution is 5.98. The molecule has 0 spiro atoms. The molecule has 1 aromatic carbocycles. The highest BCUT2D eigenvalue weighted by atomic mass is 16.5. The Bertz CT molecular complexity index is 565. The number of carboxylic acids is 1. The van der Waals surface area contributed by atoms with Gasteiger partial charge in [-0.05, 0) is 43.5 Å². The quantitative estimate of drug-likeness (QED) is 0.641. The average molecular weight is 335 g/mol. The van der Waals surface area contributed by atoms with Crippen molar-refractivity contribution in [3.63, 3.8) is 0 Å². The van der Waals surface area contributed by atoms with Gasteiger partial charge in [0.2, 0.25) is 5.91 Å². The van der Waals surface area contributed by atoms with E-state index < -0.39 is 17.9 Å². The molecule has 132 valence electrons. The van der Waals surface area contributed by atoms with Crippen molar-refractivity contribution < 1.29 is 24.2 Å². The fraction of sp³-hybridized carbons (Fsp3) is 0.500. The first-order valence-electron chi connectivity index (χ1n) is 8.11. The van der Waals surface area contributed by atoms with Gasteiger partial charge in [-0.3, -0.25) is 9.59 Å². The molecule has 0 radical (unpaired) electrons. The van der Waals surface area contributed by atoms with Crippen LogP contribution in [-0.2, 0) is 9.59 Å². The Morgan fingerprint density at radius 3 is 2.25 bits per heavy atom. The molecule has 1 rings (SSSR count). The summed E-state index contributed by atoms with van der Waals surface area (Å²) >= 11 is 0. The predicted octanol–water partition coefficient (Wildman–Crippen LogP) is 2.66. The number of carbonyl (C=O) groups is 3. The first kappa shape index (κ1) is 19.7. The van der Waals surface area contributed by atoms with Crippen LogP contribution >= 0.6 is 0 Å². The van der Waals surface area contributed by atoms with E-state index >= 15 is 0 Å². The molecule has 0 unspecified atom stereocenters. The lowest BCUT2D eigenvalue weighted by atomic mass is 10.0. The molecule has 1 atom stereocenters. The van der Waals surface area contributed by atoms with Gasteiger partial charge in [0.15, 0.2) is 5.78 Å². The summed E-state index contributed by atoms with van der Waals surface area (Å²) in [5.41, 5.74) is 0.503. The normalized spacial score (nSPS) is 11.8. The number of carboxylic acid groups (broad SMARTS) is 1. The van der Waals surface area contributed by atoms with E-state index in [0.717, 1.165) is 0 Å². The standard InChI is InChI=1S/C18H25NO5/c1-4-24-14-7-5-13(6-8-14)16(20)9-10-17(21)19-15(18(22)23)11-12(2)3/h5-8,12,15H,4,9-11H2,1-3H3,(H,19,21)(H,22,23)/t15-/m1/s1. The molecule has 0 aromatic heterocycles. The molecule has 6 nitrogen and oxygen atoms in total. The van der Waals surface area contributed by atoms with Crippen LogP contribution in [0.1, 0.15) is 50.4 Å². The van der Waals surface area contributed by atoms with Gasteiger partial charge in [-0.2, -0.15) is 0 Å². The third kappa shape index (κ3) is 6.81. The number of hydrogen-bond donors (Lipinski definition) is 2. The van der Waals surface area contributed by atoms with E-state index in [0.29, 0.717) is 24.3 Å². The predicted molar refractivity (Wildman–Crippen MR) is 90.2 cm³/mol. The van der Waals surface area contributed by atoms with Crippen molar-refractivity contribution in [3.05, 3.63) is 29.8 Å². The van der Waals surface area contributed by atoms with E-state index in [1.165, 1.54) is 0 Å². The van der Waals surface area contributed by atoms with Crippen LogP contribution < -0.4 is 10.1 Å². The fourth-order valence-electron chi connectivity index (χ4n) is 2.23. The van der Waals surface area contributed by atoms with Gasteiger partial charge in [0.05, 0.1) is 6.61 Å². The van der Waals surface area contributed by atoms with Gasteiger partial charge in [-0.15, -0.1) is 0 Å². The van der Waals surface area contributed by atoms with Crippen LogP contribution in [-0.4, -0.2) is 35.4 Å². The first-order valence-corrected chi connectivity index (χ1v) is 8.11. The van der Waals surface area contributed by atoms with Crippen LogP contribution in [0.25, 0.3) is 0 Å². The van der Waals surface area contributed by atoms with Gasteiger partial charge in [0.25, 0.3) is 0 Å². The number of Topliss-reactive ketones (excluding diaryl/α,β-unsaturated/α-hetero) is 1. The molecule has 0 aliphatic carbocycles. The summed E-state index contributed by atoms with van der Waals surface area (Å²) in [5.74, 6) is -0.817. The smallest absolute Gasteiger partial charge is 0.326 e. The number of benzene rings is 1. The van der Waals surface area contributed by atoms with Crippen molar-refractivity contribution in [1.82, 2.24) is 5.32 Å². The number of nitrogens with one attached hydrogen (secondary N) is 1. The molecule has 0 saturated heterocycles. The molecule has 0 fully saturated rings. The molecular weight excluding hydrogens is 310 g/mol. The van der Waals surface area contributed by atoms with E-state index in [2.05, 4.69) is 5.32 Å². The fourth-order valence-corrected chi connectivity index (χ4v) is 2.23. The molecule has 0 aliphatic heterocycles. The van der Waals surface area contributed by atoms with Crippen molar-refractivity contribution in [3.8, 4) is 5.75 Å². The minimum absolute atomic E-state index is 0.0338. The highest BCUT2D eigenvalue weighted by Crippen LogP contribution is 2.14. The van der Waals surface area contributed by atoms with Gasteiger partial charge in [-0.1, -0.05) is 13.8 Å². The number of ketones is 1. The number of rotatable bonds is 10. The minimum Gasteiger partial charge on any atom is -0.494 e. The average Bonchev–Trinajstić information content (AvgIpc) is 2.52. The topological polar surface area (TPSA) is 92.7 Å². The zero-order valence-corrected chi connectivity index (χ0v) is 14.4. The molecule has 1 aromatic rings. The van der Waals surface area contributed by atoms with Crippen molar-refractivity contribution in [1.29, 1.82) is 0 Å². The van der Waals surface area contributed by atoms with Crippen LogP contribution in [0.5, 0.6) is 5.75 Å². The van der Waals surface area contributed by atoms with Crippen LogP contribution in [0.4, 0.5) is 0 Å². The summed E-state index contributed by atoms with van der Waals surface area (Å²) in [6.45, 7) is 6.20. The summed E-state index contributed by atoms with van der Waals surface area (Å²) in [6.07, 6.45) is 0.357. The molecular formula is C18H25NO5. The third-order valence-electron chi connectivity index (χ3n) is 3.41. The zero-order chi connectivity index (χ0) is 18.1. The van der Waals surface area contributed by atoms with E-state index in [-0.39, 0.29) is 24.5 Å². The second kappa shape index (κ2) is 9.70.